The number of rotatable bonds is 8. The van der Waals surface area contributed by atoms with Gasteiger partial charge in [-0.1, -0.05) is 25.8 Å². The summed E-state index contributed by atoms with van der Waals surface area (Å²) in [4.78, 5) is 4.40. The number of pyridine rings is 1. The smallest absolute Gasteiger partial charge is 0.0887 e. The average molecular weight is 234 g/mol. The molecule has 1 aromatic rings. The second kappa shape index (κ2) is 6.72. The average Bonchev–Trinajstić information content (AvgIpc) is 3.18. The lowest BCUT2D eigenvalue weighted by Crippen LogP contribution is -2.12. The molecule has 1 fully saturated rings. The largest absolute Gasteiger partial charge is 0.375 e. The van der Waals surface area contributed by atoms with Gasteiger partial charge >= 0.3 is 0 Å². The summed E-state index contributed by atoms with van der Waals surface area (Å²) >= 11 is 0. The van der Waals surface area contributed by atoms with E-state index >= 15 is 0 Å². The third-order valence-corrected chi connectivity index (χ3v) is 3.08. The summed E-state index contributed by atoms with van der Waals surface area (Å²) in [5.41, 5.74) is 2.26. The number of nitrogens with zero attached hydrogens (tertiary/aromatic N) is 1. The molecule has 0 bridgehead atoms. The normalized spacial score (nSPS) is 15.1. The van der Waals surface area contributed by atoms with Gasteiger partial charge in [0.15, 0.2) is 0 Å². The third-order valence-electron chi connectivity index (χ3n) is 3.08. The van der Waals surface area contributed by atoms with Gasteiger partial charge in [-0.15, -0.1) is 0 Å². The highest BCUT2D eigenvalue weighted by molar-refractivity contribution is 5.13. The van der Waals surface area contributed by atoms with Crippen molar-refractivity contribution in [2.24, 2.45) is 5.92 Å². The van der Waals surface area contributed by atoms with Gasteiger partial charge in [0.2, 0.25) is 0 Å². The highest BCUT2D eigenvalue weighted by atomic mass is 16.5. The molecule has 0 saturated heterocycles. The van der Waals surface area contributed by atoms with Crippen molar-refractivity contribution in [2.45, 2.75) is 39.3 Å². The van der Waals surface area contributed by atoms with Crippen LogP contribution >= 0.6 is 0 Å². The SMILES string of the molecule is CCNCc1ccc(COCCC2CC2)nc1. The van der Waals surface area contributed by atoms with E-state index in [-0.39, 0.29) is 0 Å². The predicted molar refractivity (Wildman–Crippen MR) is 68.6 cm³/mol. The zero-order valence-electron chi connectivity index (χ0n) is 10.6. The number of hydrogen-bond donors (Lipinski definition) is 1. The van der Waals surface area contributed by atoms with Crippen LogP contribution in [0.25, 0.3) is 0 Å². The molecule has 0 unspecified atom stereocenters. The fourth-order valence-corrected chi connectivity index (χ4v) is 1.75. The summed E-state index contributed by atoms with van der Waals surface area (Å²) in [6.07, 6.45) is 5.96. The standard InChI is InChI=1S/C14H22N2O/c1-2-15-9-13-5-6-14(16-10-13)11-17-8-7-12-3-4-12/h5-6,10,12,15H,2-4,7-9,11H2,1H3. The van der Waals surface area contributed by atoms with Gasteiger partial charge in [-0.05, 0) is 30.5 Å². The number of ether oxygens (including phenoxy) is 1. The fourth-order valence-electron chi connectivity index (χ4n) is 1.75. The van der Waals surface area contributed by atoms with E-state index < -0.39 is 0 Å². The van der Waals surface area contributed by atoms with Crippen LogP contribution < -0.4 is 5.32 Å². The van der Waals surface area contributed by atoms with E-state index in [2.05, 4.69) is 29.4 Å². The third kappa shape index (κ3) is 4.84. The van der Waals surface area contributed by atoms with E-state index in [1.807, 2.05) is 6.20 Å². The Bertz CT molecular complexity index is 319. The first-order valence-electron chi connectivity index (χ1n) is 6.60. The molecule has 1 aromatic heterocycles. The molecule has 0 amide bonds. The van der Waals surface area contributed by atoms with Crippen molar-refractivity contribution >= 4 is 0 Å². The number of aromatic nitrogens is 1. The van der Waals surface area contributed by atoms with Crippen LogP contribution in [0.3, 0.4) is 0 Å². The Morgan fingerprint density at radius 1 is 1.41 bits per heavy atom. The van der Waals surface area contributed by atoms with E-state index in [0.717, 1.165) is 31.3 Å². The highest BCUT2D eigenvalue weighted by Crippen LogP contribution is 2.32. The predicted octanol–water partition coefficient (Wildman–Crippen LogP) is 2.51. The van der Waals surface area contributed by atoms with Gasteiger partial charge in [-0.25, -0.2) is 0 Å². The van der Waals surface area contributed by atoms with Crippen molar-refractivity contribution in [1.29, 1.82) is 0 Å². The van der Waals surface area contributed by atoms with E-state index in [1.165, 1.54) is 24.8 Å². The first-order valence-corrected chi connectivity index (χ1v) is 6.60. The van der Waals surface area contributed by atoms with Crippen LogP contribution in [0.1, 0.15) is 37.4 Å². The maximum Gasteiger partial charge on any atom is 0.0887 e. The summed E-state index contributed by atoms with van der Waals surface area (Å²) in [6, 6.07) is 4.18. The molecule has 17 heavy (non-hydrogen) atoms. The second-order valence-corrected chi connectivity index (χ2v) is 4.72. The molecule has 3 heteroatoms. The molecular formula is C14H22N2O. The van der Waals surface area contributed by atoms with Gasteiger partial charge in [0.1, 0.15) is 0 Å². The Morgan fingerprint density at radius 3 is 2.94 bits per heavy atom. The van der Waals surface area contributed by atoms with E-state index in [9.17, 15) is 0 Å². The molecule has 0 aliphatic heterocycles. The Kier molecular flexibility index (Phi) is 4.95. The molecule has 3 nitrogen and oxygen atoms in total. The van der Waals surface area contributed by atoms with E-state index in [4.69, 9.17) is 4.74 Å². The lowest BCUT2D eigenvalue weighted by atomic mass is 10.2. The Morgan fingerprint density at radius 2 is 2.29 bits per heavy atom. The van der Waals surface area contributed by atoms with Crippen molar-refractivity contribution in [3.63, 3.8) is 0 Å². The summed E-state index contributed by atoms with van der Waals surface area (Å²) in [5.74, 6) is 0.949. The zero-order chi connectivity index (χ0) is 11.9. The van der Waals surface area contributed by atoms with Crippen LogP contribution in [0.5, 0.6) is 0 Å². The highest BCUT2D eigenvalue weighted by Gasteiger charge is 2.20. The molecule has 0 aromatic carbocycles. The maximum atomic E-state index is 5.61. The molecule has 1 aliphatic rings. The molecule has 1 aliphatic carbocycles. The number of nitrogens with one attached hydrogen (secondary N) is 1. The molecule has 94 valence electrons. The molecule has 2 rings (SSSR count). The molecule has 0 radical (unpaired) electrons. The van der Waals surface area contributed by atoms with Gasteiger partial charge in [0.05, 0.1) is 12.3 Å². The van der Waals surface area contributed by atoms with Crippen molar-refractivity contribution in [3.8, 4) is 0 Å². The summed E-state index contributed by atoms with van der Waals surface area (Å²) in [6.45, 7) is 5.52. The summed E-state index contributed by atoms with van der Waals surface area (Å²) < 4.78 is 5.61. The Hall–Kier alpha value is -0.930. The minimum atomic E-state index is 0.647. The topological polar surface area (TPSA) is 34.1 Å². The van der Waals surface area contributed by atoms with Crippen LogP contribution in [0.15, 0.2) is 18.3 Å². The van der Waals surface area contributed by atoms with Gasteiger partial charge in [-0.3, -0.25) is 4.98 Å². The van der Waals surface area contributed by atoms with E-state index in [0.29, 0.717) is 6.61 Å². The van der Waals surface area contributed by atoms with Crippen LogP contribution in [0.2, 0.25) is 0 Å². The quantitative estimate of drug-likeness (QED) is 0.702. The van der Waals surface area contributed by atoms with Crippen molar-refractivity contribution < 1.29 is 4.74 Å². The van der Waals surface area contributed by atoms with Crippen LogP contribution in [-0.2, 0) is 17.9 Å². The van der Waals surface area contributed by atoms with Gasteiger partial charge in [0, 0.05) is 19.3 Å². The lowest BCUT2D eigenvalue weighted by molar-refractivity contribution is 0.112. The second-order valence-electron chi connectivity index (χ2n) is 4.72. The van der Waals surface area contributed by atoms with E-state index in [1.54, 1.807) is 0 Å². The molecule has 1 heterocycles. The molecule has 1 saturated carbocycles. The van der Waals surface area contributed by atoms with Gasteiger partial charge in [0.25, 0.3) is 0 Å². The molecular weight excluding hydrogens is 212 g/mol. The minimum absolute atomic E-state index is 0.647. The van der Waals surface area contributed by atoms with Crippen molar-refractivity contribution in [1.82, 2.24) is 10.3 Å². The first kappa shape index (κ1) is 12.5. The van der Waals surface area contributed by atoms with Crippen LogP contribution in [0, 0.1) is 5.92 Å². The number of hydrogen-bond acceptors (Lipinski definition) is 3. The molecule has 0 atom stereocenters. The van der Waals surface area contributed by atoms with Crippen LogP contribution in [-0.4, -0.2) is 18.1 Å². The van der Waals surface area contributed by atoms with Gasteiger partial charge in [-0.2, -0.15) is 0 Å². The Labute approximate surface area is 104 Å². The lowest BCUT2D eigenvalue weighted by Gasteiger charge is -2.05. The van der Waals surface area contributed by atoms with Crippen molar-refractivity contribution in [3.05, 3.63) is 29.6 Å². The summed E-state index contributed by atoms with van der Waals surface area (Å²) in [7, 11) is 0. The van der Waals surface area contributed by atoms with Crippen LogP contribution in [0.4, 0.5) is 0 Å². The molecule has 0 spiro atoms. The van der Waals surface area contributed by atoms with Crippen molar-refractivity contribution in [2.75, 3.05) is 13.2 Å². The summed E-state index contributed by atoms with van der Waals surface area (Å²) in [5, 5.41) is 3.28. The maximum absolute atomic E-state index is 5.61. The molecule has 1 N–H and O–H groups in total. The first-order chi connectivity index (χ1) is 8.38. The monoisotopic (exact) mass is 234 g/mol. The zero-order valence-corrected chi connectivity index (χ0v) is 10.6. The minimum Gasteiger partial charge on any atom is -0.375 e. The van der Waals surface area contributed by atoms with Gasteiger partial charge < -0.3 is 10.1 Å². The fraction of sp³-hybridized carbons (Fsp3) is 0.643. The Balaban J connectivity index is 1.65.